The molecule has 2 atom stereocenters. The number of rotatable bonds is 6. The Morgan fingerprint density at radius 2 is 2.14 bits per heavy atom. The van der Waals surface area contributed by atoms with Gasteiger partial charge in [-0.1, -0.05) is 0 Å². The summed E-state index contributed by atoms with van der Waals surface area (Å²) in [7, 11) is -0.726. The second kappa shape index (κ2) is 8.15. The first-order valence-electron chi connectivity index (χ1n) is 7.17. The van der Waals surface area contributed by atoms with Gasteiger partial charge in [0.1, 0.15) is 0 Å². The van der Waals surface area contributed by atoms with E-state index >= 15 is 0 Å². The summed E-state index contributed by atoms with van der Waals surface area (Å²) in [5.74, 6) is 2.34. The van der Waals surface area contributed by atoms with Crippen LogP contribution in [0.2, 0.25) is 0 Å². The monoisotopic (exact) mass is 375 g/mol. The van der Waals surface area contributed by atoms with Crippen LogP contribution in [0.5, 0.6) is 11.5 Å². The first kappa shape index (κ1) is 16.8. The quantitative estimate of drug-likeness (QED) is 0.830. The summed E-state index contributed by atoms with van der Waals surface area (Å²) < 4.78 is 23.5. The third-order valence-corrected chi connectivity index (χ3v) is 4.75. The molecule has 6 heteroatoms. The van der Waals surface area contributed by atoms with Crippen molar-refractivity contribution >= 4 is 26.7 Å². The van der Waals surface area contributed by atoms with Crippen molar-refractivity contribution in [2.75, 3.05) is 25.2 Å². The molecule has 1 aromatic rings. The van der Waals surface area contributed by atoms with Gasteiger partial charge in [0.25, 0.3) is 0 Å². The molecule has 0 radical (unpaired) electrons. The third kappa shape index (κ3) is 5.27. The van der Waals surface area contributed by atoms with E-state index in [1.165, 1.54) is 0 Å². The van der Waals surface area contributed by atoms with E-state index in [0.29, 0.717) is 19.3 Å². The normalized spacial score (nSPS) is 17.1. The van der Waals surface area contributed by atoms with E-state index in [1.807, 2.05) is 6.07 Å². The fraction of sp³-hybridized carbons (Fsp3) is 0.600. The van der Waals surface area contributed by atoms with Crippen LogP contribution in [-0.4, -0.2) is 35.5 Å². The van der Waals surface area contributed by atoms with Crippen LogP contribution in [0.15, 0.2) is 16.6 Å². The van der Waals surface area contributed by atoms with Crippen LogP contribution in [0.4, 0.5) is 0 Å². The first-order valence-corrected chi connectivity index (χ1v) is 9.69. The summed E-state index contributed by atoms with van der Waals surface area (Å²) in [5, 5.41) is 3.45. The molecule has 1 aliphatic rings. The minimum atomic E-state index is -0.726. The number of benzene rings is 1. The molecule has 0 aromatic heterocycles. The zero-order valence-corrected chi connectivity index (χ0v) is 14.9. The van der Waals surface area contributed by atoms with Crippen LogP contribution in [0.1, 0.15) is 25.3 Å². The first-order chi connectivity index (χ1) is 10.1. The molecule has 2 rings (SSSR count). The summed E-state index contributed by atoms with van der Waals surface area (Å²) in [6.45, 7) is 4.25. The lowest BCUT2D eigenvalue weighted by atomic mass is 10.1. The second-order valence-electron chi connectivity index (χ2n) is 5.30. The molecule has 0 bridgehead atoms. The highest BCUT2D eigenvalue weighted by Crippen LogP contribution is 2.38. The van der Waals surface area contributed by atoms with E-state index in [2.05, 4.69) is 34.2 Å². The van der Waals surface area contributed by atoms with Gasteiger partial charge in [-0.05, 0) is 47.0 Å². The van der Waals surface area contributed by atoms with E-state index in [4.69, 9.17) is 9.47 Å². The summed E-state index contributed by atoms with van der Waals surface area (Å²) in [4.78, 5) is 0. The van der Waals surface area contributed by atoms with Crippen molar-refractivity contribution in [1.29, 1.82) is 0 Å². The van der Waals surface area contributed by atoms with Crippen LogP contribution >= 0.6 is 15.9 Å². The molecular weight excluding hydrogens is 354 g/mol. The number of halogens is 1. The predicted molar refractivity (Wildman–Crippen MR) is 89.6 cm³/mol. The molecule has 0 spiro atoms. The molecule has 118 valence electrons. The van der Waals surface area contributed by atoms with E-state index in [0.717, 1.165) is 46.7 Å². The fourth-order valence-electron chi connectivity index (χ4n) is 2.12. The van der Waals surface area contributed by atoms with Crippen molar-refractivity contribution < 1.29 is 13.7 Å². The van der Waals surface area contributed by atoms with Crippen molar-refractivity contribution in [3.05, 3.63) is 22.2 Å². The van der Waals surface area contributed by atoms with Crippen LogP contribution in [-0.2, 0) is 17.3 Å². The van der Waals surface area contributed by atoms with Crippen molar-refractivity contribution in [3.8, 4) is 11.5 Å². The van der Waals surface area contributed by atoms with Gasteiger partial charge in [0.2, 0.25) is 0 Å². The van der Waals surface area contributed by atoms with Crippen molar-refractivity contribution in [3.63, 3.8) is 0 Å². The topological polar surface area (TPSA) is 47.6 Å². The summed E-state index contributed by atoms with van der Waals surface area (Å²) in [6, 6.07) is 4.43. The van der Waals surface area contributed by atoms with Crippen LogP contribution in [0.3, 0.4) is 0 Å². The standard InChI is InChI=1S/C15H22BrNO3S/c1-11(4-7-21(2)18)17-10-12-8-13(16)15-14(9-12)19-5-3-6-20-15/h8-9,11,17H,3-7,10H2,1-2H3. The van der Waals surface area contributed by atoms with Gasteiger partial charge in [-0.2, -0.15) is 0 Å². The lowest BCUT2D eigenvalue weighted by Gasteiger charge is -2.15. The van der Waals surface area contributed by atoms with Crippen molar-refractivity contribution in [2.24, 2.45) is 0 Å². The van der Waals surface area contributed by atoms with E-state index in [1.54, 1.807) is 6.26 Å². The Morgan fingerprint density at radius 3 is 2.90 bits per heavy atom. The molecule has 0 aliphatic carbocycles. The highest BCUT2D eigenvalue weighted by molar-refractivity contribution is 9.10. The average molecular weight is 376 g/mol. The van der Waals surface area contributed by atoms with E-state index < -0.39 is 10.8 Å². The van der Waals surface area contributed by atoms with Gasteiger partial charge in [-0.3, -0.25) is 4.21 Å². The van der Waals surface area contributed by atoms with Crippen LogP contribution in [0.25, 0.3) is 0 Å². The Balaban J connectivity index is 1.96. The molecule has 1 heterocycles. The van der Waals surface area contributed by atoms with E-state index in [-0.39, 0.29) is 0 Å². The van der Waals surface area contributed by atoms with E-state index in [9.17, 15) is 4.21 Å². The molecule has 0 amide bonds. The molecule has 0 fully saturated rings. The Labute approximate surface area is 137 Å². The van der Waals surface area contributed by atoms with Crippen molar-refractivity contribution in [1.82, 2.24) is 5.32 Å². The number of ether oxygens (including phenoxy) is 2. The molecule has 1 N–H and O–H groups in total. The van der Waals surface area contributed by atoms with Gasteiger partial charge in [0.15, 0.2) is 11.5 Å². The van der Waals surface area contributed by atoms with Gasteiger partial charge < -0.3 is 14.8 Å². The Hall–Kier alpha value is -0.590. The largest absolute Gasteiger partial charge is 0.490 e. The van der Waals surface area contributed by atoms with Crippen LogP contribution in [0, 0.1) is 0 Å². The highest BCUT2D eigenvalue weighted by Gasteiger charge is 2.15. The maximum Gasteiger partial charge on any atom is 0.175 e. The molecule has 2 unspecified atom stereocenters. The minimum absolute atomic E-state index is 0.337. The molecular formula is C15H22BrNO3S. The van der Waals surface area contributed by atoms with Gasteiger partial charge in [-0.25, -0.2) is 0 Å². The second-order valence-corrected chi connectivity index (χ2v) is 7.71. The number of hydrogen-bond acceptors (Lipinski definition) is 4. The SMILES string of the molecule is CC(CCS(C)=O)NCc1cc(Br)c2c(c1)OCCCO2. The zero-order valence-electron chi connectivity index (χ0n) is 12.5. The molecule has 1 aliphatic heterocycles. The Morgan fingerprint density at radius 1 is 1.38 bits per heavy atom. The maximum absolute atomic E-state index is 11.1. The number of hydrogen-bond donors (Lipinski definition) is 1. The Bertz CT molecular complexity index is 510. The highest BCUT2D eigenvalue weighted by atomic mass is 79.9. The fourth-order valence-corrected chi connectivity index (χ4v) is 3.41. The molecule has 4 nitrogen and oxygen atoms in total. The zero-order chi connectivity index (χ0) is 15.2. The smallest absolute Gasteiger partial charge is 0.175 e. The lowest BCUT2D eigenvalue weighted by Crippen LogP contribution is -2.27. The van der Waals surface area contributed by atoms with Gasteiger partial charge in [-0.15, -0.1) is 0 Å². The lowest BCUT2D eigenvalue weighted by molar-refractivity contribution is 0.296. The third-order valence-electron chi connectivity index (χ3n) is 3.35. The number of nitrogens with one attached hydrogen (secondary N) is 1. The summed E-state index contributed by atoms with van der Waals surface area (Å²) in [6.07, 6.45) is 3.56. The molecule has 0 saturated carbocycles. The van der Waals surface area contributed by atoms with Gasteiger partial charge in [0.05, 0.1) is 17.7 Å². The van der Waals surface area contributed by atoms with Gasteiger partial charge >= 0.3 is 0 Å². The van der Waals surface area contributed by atoms with Crippen LogP contribution < -0.4 is 14.8 Å². The number of fused-ring (bicyclic) bond motifs is 1. The molecule has 21 heavy (non-hydrogen) atoms. The predicted octanol–water partition coefficient (Wildman–Crippen LogP) is 2.86. The van der Waals surface area contributed by atoms with Gasteiger partial charge in [0, 0.05) is 41.8 Å². The minimum Gasteiger partial charge on any atom is -0.490 e. The average Bonchev–Trinajstić information content (AvgIpc) is 2.68. The molecule has 1 aromatic carbocycles. The van der Waals surface area contributed by atoms with Crippen molar-refractivity contribution in [2.45, 2.75) is 32.4 Å². The summed E-state index contributed by atoms with van der Waals surface area (Å²) >= 11 is 3.55. The maximum atomic E-state index is 11.1. The summed E-state index contributed by atoms with van der Waals surface area (Å²) in [5.41, 5.74) is 1.15. The molecule has 0 saturated heterocycles. The Kier molecular flexibility index (Phi) is 6.51.